The molecular weight excluding hydrogens is 472 g/mol. The fourth-order valence-corrected chi connectivity index (χ4v) is 6.28. The third-order valence-corrected chi connectivity index (χ3v) is 7.89. The first-order valence-corrected chi connectivity index (χ1v) is 12.0. The predicted octanol–water partition coefficient (Wildman–Crippen LogP) is 5.38. The molecule has 0 saturated heterocycles. The van der Waals surface area contributed by atoms with Gasteiger partial charge in [-0.1, -0.05) is 41.7 Å². The number of benzene rings is 2. The maximum Gasteiger partial charge on any atom is 0.346 e. The van der Waals surface area contributed by atoms with Gasteiger partial charge < -0.3 is 19.5 Å². The van der Waals surface area contributed by atoms with Gasteiger partial charge >= 0.3 is 11.9 Å². The lowest BCUT2D eigenvalue weighted by Gasteiger charge is -2.37. The molecule has 1 N–H and O–H groups in total. The summed E-state index contributed by atoms with van der Waals surface area (Å²) in [7, 11) is 4.20. The predicted molar refractivity (Wildman–Crippen MR) is 137 cm³/mol. The molecule has 176 valence electrons. The van der Waals surface area contributed by atoms with Gasteiger partial charge in [-0.3, -0.25) is 4.99 Å². The summed E-state index contributed by atoms with van der Waals surface area (Å²) in [4.78, 5) is 30.4. The second-order valence-electron chi connectivity index (χ2n) is 7.96. The number of esters is 2. The molecule has 0 amide bonds. The first-order chi connectivity index (χ1) is 16.3. The highest BCUT2D eigenvalue weighted by atomic mass is 32.2. The molecule has 2 aliphatic heterocycles. The average Bonchev–Trinajstić information content (AvgIpc) is 3.28. The molecule has 2 aromatic carbocycles. The lowest BCUT2D eigenvalue weighted by Crippen LogP contribution is -2.44. The molecule has 4 rings (SSSR count). The molecule has 0 fully saturated rings. The van der Waals surface area contributed by atoms with Gasteiger partial charge in [0.1, 0.15) is 15.6 Å². The largest absolute Gasteiger partial charge is 0.497 e. The van der Waals surface area contributed by atoms with Gasteiger partial charge in [-0.15, -0.1) is 0 Å². The molecule has 0 atom stereocenters. The molecule has 0 unspecified atom stereocenters. The van der Waals surface area contributed by atoms with Crippen molar-refractivity contribution in [2.24, 2.45) is 4.99 Å². The Hall–Kier alpha value is -3.17. The van der Waals surface area contributed by atoms with E-state index in [4.69, 9.17) is 19.2 Å². The molecule has 2 aromatic rings. The second-order valence-corrected chi connectivity index (χ2v) is 10.3. The monoisotopic (exact) mass is 496 g/mol. The van der Waals surface area contributed by atoms with E-state index in [2.05, 4.69) is 5.32 Å². The van der Waals surface area contributed by atoms with Crippen LogP contribution in [0, 0.1) is 0 Å². The quantitative estimate of drug-likeness (QED) is 0.565. The topological polar surface area (TPSA) is 86.2 Å². The standard InChI is InChI=1S/C25H24N2O5S2/c1-25(2)21(26-14-10-12-15(30-3)13-11-14)18(16-8-6-7-9-17(16)27-25)24-33-19(22(28)31-4)20(34-24)23(29)32-5/h6-13,27H,1-5H3. The van der Waals surface area contributed by atoms with Gasteiger partial charge in [-0.25, -0.2) is 9.59 Å². The van der Waals surface area contributed by atoms with Gasteiger partial charge in [0.15, 0.2) is 0 Å². The number of hydrogen-bond donors (Lipinski definition) is 1. The fourth-order valence-electron chi connectivity index (χ4n) is 3.69. The highest BCUT2D eigenvalue weighted by Gasteiger charge is 2.41. The minimum Gasteiger partial charge on any atom is -0.497 e. The van der Waals surface area contributed by atoms with Crippen LogP contribution in [0.25, 0.3) is 5.57 Å². The normalized spacial score (nSPS) is 17.9. The number of aliphatic imine (C=N–C) groups is 1. The minimum atomic E-state index is -0.580. The van der Waals surface area contributed by atoms with Crippen LogP contribution in [-0.4, -0.2) is 44.5 Å². The van der Waals surface area contributed by atoms with Gasteiger partial charge in [0.25, 0.3) is 0 Å². The molecule has 2 aliphatic rings. The molecule has 0 bridgehead atoms. The van der Waals surface area contributed by atoms with Crippen molar-refractivity contribution in [3.63, 3.8) is 0 Å². The lowest BCUT2D eigenvalue weighted by atomic mass is 9.83. The molecule has 34 heavy (non-hydrogen) atoms. The Morgan fingerprint density at radius 1 is 0.882 bits per heavy atom. The van der Waals surface area contributed by atoms with E-state index >= 15 is 0 Å². The number of nitrogens with one attached hydrogen (secondary N) is 1. The van der Waals surface area contributed by atoms with Crippen LogP contribution in [0.5, 0.6) is 5.75 Å². The van der Waals surface area contributed by atoms with E-state index in [0.29, 0.717) is 0 Å². The van der Waals surface area contributed by atoms with Crippen molar-refractivity contribution in [3.05, 3.63) is 68.1 Å². The molecular formula is C25H24N2O5S2. The summed E-state index contributed by atoms with van der Waals surface area (Å²) in [6.07, 6.45) is 0. The summed E-state index contributed by atoms with van der Waals surface area (Å²) in [5, 5.41) is 3.57. The van der Waals surface area contributed by atoms with Gasteiger partial charge in [-0.05, 0) is 44.2 Å². The summed E-state index contributed by atoms with van der Waals surface area (Å²) in [6.45, 7) is 4.10. The molecule has 9 heteroatoms. The number of carbonyl (C=O) groups excluding carboxylic acids is 2. The van der Waals surface area contributed by atoms with Crippen molar-refractivity contribution in [3.8, 4) is 5.75 Å². The zero-order valence-corrected chi connectivity index (χ0v) is 21.1. The maximum absolute atomic E-state index is 12.5. The SMILES string of the molecule is COC(=O)C1=C(C(=O)OC)SC(=C2C(=Nc3ccc(OC)cc3)C(C)(C)Nc3ccccc32)S1. The van der Waals surface area contributed by atoms with E-state index in [1.165, 1.54) is 37.7 Å². The van der Waals surface area contributed by atoms with Crippen LogP contribution in [-0.2, 0) is 19.1 Å². The Labute approximate surface area is 206 Å². The zero-order chi connectivity index (χ0) is 24.5. The Bertz CT molecular complexity index is 1220. The van der Waals surface area contributed by atoms with E-state index in [-0.39, 0.29) is 9.81 Å². The summed E-state index contributed by atoms with van der Waals surface area (Å²) < 4.78 is 15.9. The maximum atomic E-state index is 12.5. The number of ether oxygens (including phenoxy) is 3. The highest BCUT2D eigenvalue weighted by Crippen LogP contribution is 2.55. The molecule has 2 heterocycles. The summed E-state index contributed by atoms with van der Waals surface area (Å²) in [6, 6.07) is 15.4. The summed E-state index contributed by atoms with van der Waals surface area (Å²) in [5.41, 5.74) is 3.71. The number of thioether (sulfide) groups is 2. The van der Waals surface area contributed by atoms with E-state index in [1.807, 2.05) is 62.4 Å². The number of anilines is 1. The van der Waals surface area contributed by atoms with E-state index in [1.54, 1.807) is 7.11 Å². The molecule has 0 aromatic heterocycles. The first kappa shape index (κ1) is 24.0. The molecule has 0 spiro atoms. The second kappa shape index (κ2) is 9.60. The van der Waals surface area contributed by atoms with Crippen LogP contribution in [0.15, 0.2) is 67.6 Å². The van der Waals surface area contributed by atoms with Crippen LogP contribution in [0.1, 0.15) is 19.4 Å². The summed E-state index contributed by atoms with van der Waals surface area (Å²) in [5.74, 6) is -0.419. The Balaban J connectivity index is 1.92. The van der Waals surface area contributed by atoms with Gasteiger partial charge in [0, 0.05) is 16.8 Å². The Morgan fingerprint density at radius 3 is 2.03 bits per heavy atom. The van der Waals surface area contributed by atoms with Crippen LogP contribution in [0.2, 0.25) is 0 Å². The Morgan fingerprint density at radius 2 is 1.47 bits per heavy atom. The number of para-hydroxylation sites is 1. The third-order valence-electron chi connectivity index (χ3n) is 5.33. The van der Waals surface area contributed by atoms with Gasteiger partial charge in [0.05, 0.1) is 42.5 Å². The highest BCUT2D eigenvalue weighted by molar-refractivity contribution is 8.29. The van der Waals surface area contributed by atoms with Crippen LogP contribution in [0.3, 0.4) is 0 Å². The Kier molecular flexibility index (Phi) is 6.77. The molecule has 0 saturated carbocycles. The van der Waals surface area contributed by atoms with Gasteiger partial charge in [-0.2, -0.15) is 0 Å². The van der Waals surface area contributed by atoms with Crippen molar-refractivity contribution in [2.45, 2.75) is 19.4 Å². The average molecular weight is 497 g/mol. The number of carbonyl (C=O) groups is 2. The van der Waals surface area contributed by atoms with Crippen LogP contribution < -0.4 is 10.1 Å². The number of methoxy groups -OCH3 is 3. The molecule has 7 nitrogen and oxygen atoms in total. The number of nitrogens with zero attached hydrogens (tertiary/aromatic N) is 1. The lowest BCUT2D eigenvalue weighted by molar-refractivity contribution is -0.138. The third kappa shape index (κ3) is 4.45. The van der Waals surface area contributed by atoms with Crippen LogP contribution >= 0.6 is 23.5 Å². The fraction of sp³-hybridized carbons (Fsp3) is 0.240. The zero-order valence-electron chi connectivity index (χ0n) is 19.4. The van der Waals surface area contributed by atoms with E-state index in [0.717, 1.165) is 38.2 Å². The van der Waals surface area contributed by atoms with Crippen molar-refractivity contribution in [1.82, 2.24) is 0 Å². The number of fused-ring (bicyclic) bond motifs is 1. The van der Waals surface area contributed by atoms with Crippen molar-refractivity contribution < 1.29 is 23.8 Å². The van der Waals surface area contributed by atoms with E-state index in [9.17, 15) is 9.59 Å². The summed E-state index contributed by atoms with van der Waals surface area (Å²) >= 11 is 2.41. The van der Waals surface area contributed by atoms with Crippen LogP contribution in [0.4, 0.5) is 11.4 Å². The smallest absolute Gasteiger partial charge is 0.346 e. The minimum absolute atomic E-state index is 0.208. The van der Waals surface area contributed by atoms with E-state index < -0.39 is 17.5 Å². The number of rotatable bonds is 4. The first-order valence-electron chi connectivity index (χ1n) is 10.4. The molecule has 0 aliphatic carbocycles. The van der Waals surface area contributed by atoms with Crippen molar-refractivity contribution >= 4 is 58.1 Å². The van der Waals surface area contributed by atoms with Crippen molar-refractivity contribution in [2.75, 3.05) is 26.6 Å². The van der Waals surface area contributed by atoms with Crippen molar-refractivity contribution in [1.29, 1.82) is 0 Å². The molecule has 0 radical (unpaired) electrons. The van der Waals surface area contributed by atoms with Gasteiger partial charge in [0.2, 0.25) is 0 Å². The number of hydrogen-bond acceptors (Lipinski definition) is 9.